The van der Waals surface area contributed by atoms with E-state index < -0.39 is 10.0 Å². The highest BCUT2D eigenvalue weighted by Gasteiger charge is 2.24. The van der Waals surface area contributed by atoms with Gasteiger partial charge in [-0.2, -0.15) is 0 Å². The number of sulfonamides is 1. The molecule has 0 aromatic heterocycles. The number of anilines is 1. The maximum atomic E-state index is 13.0. The number of ether oxygens (including phenoxy) is 2. The van der Waals surface area contributed by atoms with Crippen molar-refractivity contribution in [3.05, 3.63) is 83.9 Å². The number of nitrogens with zero attached hydrogens (tertiary/aromatic N) is 1. The van der Waals surface area contributed by atoms with Crippen LogP contribution in [0.4, 0.5) is 5.69 Å². The van der Waals surface area contributed by atoms with E-state index >= 15 is 0 Å². The Morgan fingerprint density at radius 1 is 0.941 bits per heavy atom. The van der Waals surface area contributed by atoms with Crippen molar-refractivity contribution in [2.45, 2.75) is 30.8 Å². The lowest BCUT2D eigenvalue weighted by Gasteiger charge is -2.27. The second-order valence-electron chi connectivity index (χ2n) is 8.12. The number of amides is 1. The molecule has 1 fully saturated rings. The fourth-order valence-electron chi connectivity index (χ4n) is 3.86. The van der Waals surface area contributed by atoms with Crippen molar-refractivity contribution in [2.24, 2.45) is 0 Å². The van der Waals surface area contributed by atoms with Crippen molar-refractivity contribution in [1.29, 1.82) is 0 Å². The molecule has 1 saturated heterocycles. The monoisotopic (exact) mass is 480 g/mol. The maximum absolute atomic E-state index is 13.0. The van der Waals surface area contributed by atoms with E-state index in [2.05, 4.69) is 4.72 Å². The third kappa shape index (κ3) is 5.69. The molecule has 1 heterocycles. The fraction of sp³-hybridized carbons (Fsp3) is 0.269. The van der Waals surface area contributed by atoms with Crippen molar-refractivity contribution in [3.8, 4) is 11.5 Å². The minimum Gasteiger partial charge on any atom is -0.496 e. The van der Waals surface area contributed by atoms with E-state index in [4.69, 9.17) is 9.47 Å². The average molecular weight is 481 g/mol. The highest BCUT2D eigenvalue weighted by atomic mass is 32.2. The highest BCUT2D eigenvalue weighted by Crippen LogP contribution is 2.27. The zero-order valence-electron chi connectivity index (χ0n) is 19.1. The largest absolute Gasteiger partial charge is 0.496 e. The number of hydrogen-bond acceptors (Lipinski definition) is 5. The van der Waals surface area contributed by atoms with Gasteiger partial charge in [-0.3, -0.25) is 9.52 Å². The first-order chi connectivity index (χ1) is 16.5. The van der Waals surface area contributed by atoms with Crippen LogP contribution >= 0.6 is 0 Å². The maximum Gasteiger partial charge on any atom is 0.261 e. The zero-order valence-corrected chi connectivity index (χ0v) is 19.9. The van der Waals surface area contributed by atoms with Crippen LogP contribution < -0.4 is 14.2 Å². The summed E-state index contributed by atoms with van der Waals surface area (Å²) in [4.78, 5) is 14.8. The quantitative estimate of drug-likeness (QED) is 0.505. The van der Waals surface area contributed by atoms with Crippen molar-refractivity contribution in [1.82, 2.24) is 4.90 Å². The van der Waals surface area contributed by atoms with Gasteiger partial charge >= 0.3 is 0 Å². The summed E-state index contributed by atoms with van der Waals surface area (Å²) in [6, 6.07) is 20.8. The lowest BCUT2D eigenvalue weighted by atomic mass is 10.1. The van der Waals surface area contributed by atoms with E-state index in [1.807, 2.05) is 30.3 Å². The van der Waals surface area contributed by atoms with Gasteiger partial charge in [-0.25, -0.2) is 8.42 Å². The van der Waals surface area contributed by atoms with Gasteiger partial charge in [0.1, 0.15) is 18.1 Å². The predicted octanol–water partition coefficient (Wildman–Crippen LogP) is 4.70. The third-order valence-corrected chi connectivity index (χ3v) is 7.09. The number of likely N-dealkylation sites (tertiary alicyclic amines) is 1. The predicted molar refractivity (Wildman–Crippen MR) is 131 cm³/mol. The number of rotatable bonds is 8. The Morgan fingerprint density at radius 3 is 2.32 bits per heavy atom. The molecule has 3 aromatic carbocycles. The Kier molecular flexibility index (Phi) is 7.37. The van der Waals surface area contributed by atoms with E-state index in [-0.39, 0.29) is 16.4 Å². The second kappa shape index (κ2) is 10.6. The summed E-state index contributed by atoms with van der Waals surface area (Å²) in [5.41, 5.74) is 1.69. The van der Waals surface area contributed by atoms with Crippen molar-refractivity contribution < 1.29 is 22.7 Å². The van der Waals surface area contributed by atoms with Crippen LogP contribution in [0.3, 0.4) is 0 Å². The van der Waals surface area contributed by atoms with E-state index in [1.165, 1.54) is 25.3 Å². The van der Waals surface area contributed by atoms with Gasteiger partial charge < -0.3 is 14.4 Å². The molecule has 8 heteroatoms. The Morgan fingerprint density at radius 2 is 1.65 bits per heavy atom. The molecule has 0 bridgehead atoms. The third-order valence-electron chi connectivity index (χ3n) is 5.71. The Hall–Kier alpha value is -3.52. The molecule has 0 aliphatic carbocycles. The van der Waals surface area contributed by atoms with Crippen LogP contribution in [0.25, 0.3) is 0 Å². The van der Waals surface area contributed by atoms with Gasteiger partial charge in [-0.1, -0.05) is 30.3 Å². The minimum absolute atomic E-state index is 0.00179. The molecular weight excluding hydrogens is 452 g/mol. The molecule has 1 aliphatic heterocycles. The molecule has 3 aromatic rings. The minimum atomic E-state index is -3.91. The Labute approximate surface area is 200 Å². The molecule has 0 atom stereocenters. The summed E-state index contributed by atoms with van der Waals surface area (Å²) in [5, 5.41) is 0. The average Bonchev–Trinajstić information content (AvgIpc) is 2.88. The summed E-state index contributed by atoms with van der Waals surface area (Å²) in [5.74, 6) is 0.772. The van der Waals surface area contributed by atoms with Crippen LogP contribution in [0, 0.1) is 0 Å². The van der Waals surface area contributed by atoms with Gasteiger partial charge in [-0.15, -0.1) is 0 Å². The molecule has 1 N–H and O–H groups in total. The zero-order chi connectivity index (χ0) is 24.0. The molecule has 178 valence electrons. The SMILES string of the molecule is COc1ccc(S(=O)(=O)Nc2ccc(OCc3ccccc3)cc2)cc1C(=O)N1CCCCC1. The highest BCUT2D eigenvalue weighted by molar-refractivity contribution is 7.92. The molecule has 0 unspecified atom stereocenters. The lowest BCUT2D eigenvalue weighted by Crippen LogP contribution is -2.35. The summed E-state index contributed by atoms with van der Waals surface area (Å²) >= 11 is 0. The first-order valence-electron chi connectivity index (χ1n) is 11.2. The summed E-state index contributed by atoms with van der Waals surface area (Å²) in [7, 11) is -2.44. The number of methoxy groups -OCH3 is 1. The van der Waals surface area contributed by atoms with Crippen LogP contribution in [0.1, 0.15) is 35.2 Å². The van der Waals surface area contributed by atoms with Gasteiger partial charge in [0, 0.05) is 18.8 Å². The molecule has 0 spiro atoms. The topological polar surface area (TPSA) is 84.9 Å². The van der Waals surface area contributed by atoms with E-state index in [9.17, 15) is 13.2 Å². The summed E-state index contributed by atoms with van der Waals surface area (Å²) < 4.78 is 39.7. The number of carbonyl (C=O) groups is 1. The van der Waals surface area contributed by atoms with Crippen LogP contribution in [-0.4, -0.2) is 39.4 Å². The molecule has 34 heavy (non-hydrogen) atoms. The fourth-order valence-corrected chi connectivity index (χ4v) is 4.95. The van der Waals surface area contributed by atoms with Crippen LogP contribution in [-0.2, 0) is 16.6 Å². The Bertz CT molecular complexity index is 1220. The van der Waals surface area contributed by atoms with Crippen molar-refractivity contribution in [3.63, 3.8) is 0 Å². The smallest absolute Gasteiger partial charge is 0.261 e. The van der Waals surface area contributed by atoms with Crippen LogP contribution in [0.5, 0.6) is 11.5 Å². The standard InChI is InChI=1S/C26H28N2O5S/c1-32-25-15-14-23(18-24(25)26(29)28-16-6-3-7-17-28)34(30,31)27-21-10-12-22(13-11-21)33-19-20-8-4-2-5-9-20/h2,4-5,8-15,18,27H,3,6-7,16-17,19H2,1H3. The number of hydrogen-bond donors (Lipinski definition) is 1. The van der Waals surface area contributed by atoms with E-state index in [0.29, 0.717) is 36.9 Å². The van der Waals surface area contributed by atoms with Crippen LogP contribution in [0.15, 0.2) is 77.7 Å². The first-order valence-corrected chi connectivity index (χ1v) is 12.7. The van der Waals surface area contributed by atoms with Gasteiger partial charge in [0.2, 0.25) is 0 Å². The molecule has 7 nitrogen and oxygen atoms in total. The number of carbonyl (C=O) groups excluding carboxylic acids is 1. The van der Waals surface area contributed by atoms with E-state index in [0.717, 1.165) is 24.8 Å². The summed E-state index contributed by atoms with van der Waals surface area (Å²) in [6.45, 7) is 1.75. The number of piperidine rings is 1. The van der Waals surface area contributed by atoms with Gasteiger partial charge in [0.25, 0.3) is 15.9 Å². The molecule has 4 rings (SSSR count). The van der Waals surface area contributed by atoms with Crippen molar-refractivity contribution in [2.75, 3.05) is 24.9 Å². The van der Waals surface area contributed by atoms with Gasteiger partial charge in [0.15, 0.2) is 0 Å². The summed E-state index contributed by atoms with van der Waals surface area (Å²) in [6.07, 6.45) is 2.98. The molecule has 1 amide bonds. The Balaban J connectivity index is 1.47. The second-order valence-corrected chi connectivity index (χ2v) is 9.80. The molecular formula is C26H28N2O5S. The molecule has 0 saturated carbocycles. The number of benzene rings is 3. The normalized spacial score (nSPS) is 13.9. The van der Waals surface area contributed by atoms with Gasteiger partial charge in [0.05, 0.1) is 17.6 Å². The van der Waals surface area contributed by atoms with Crippen LogP contribution in [0.2, 0.25) is 0 Å². The molecule has 1 aliphatic rings. The molecule has 0 radical (unpaired) electrons. The lowest BCUT2D eigenvalue weighted by molar-refractivity contribution is 0.0720. The van der Waals surface area contributed by atoms with Gasteiger partial charge in [-0.05, 0) is 67.3 Å². The first kappa shape index (κ1) is 23.6. The van der Waals surface area contributed by atoms with E-state index in [1.54, 1.807) is 29.2 Å². The van der Waals surface area contributed by atoms with Crippen molar-refractivity contribution >= 4 is 21.6 Å². The number of nitrogens with one attached hydrogen (secondary N) is 1.